The molecule has 4 heteroatoms. The number of nitrogens with zero attached hydrogens (tertiary/aromatic N) is 1. The van der Waals surface area contributed by atoms with E-state index in [1.165, 1.54) is 19.3 Å². The van der Waals surface area contributed by atoms with Gasteiger partial charge in [0.1, 0.15) is 0 Å². The second kappa shape index (κ2) is 4.56. The van der Waals surface area contributed by atoms with E-state index in [0.29, 0.717) is 30.2 Å². The molecule has 1 N–H and O–H groups in total. The van der Waals surface area contributed by atoms with Crippen molar-refractivity contribution in [1.82, 2.24) is 4.90 Å². The molecular formula is C14H21NO3. The minimum Gasteiger partial charge on any atom is -0.481 e. The van der Waals surface area contributed by atoms with Gasteiger partial charge in [0.25, 0.3) is 0 Å². The van der Waals surface area contributed by atoms with Crippen LogP contribution in [0.5, 0.6) is 0 Å². The van der Waals surface area contributed by atoms with Crippen molar-refractivity contribution < 1.29 is 14.7 Å². The molecule has 100 valence electrons. The van der Waals surface area contributed by atoms with Gasteiger partial charge in [0, 0.05) is 25.4 Å². The summed E-state index contributed by atoms with van der Waals surface area (Å²) in [6, 6.07) is 0. The van der Waals surface area contributed by atoms with E-state index >= 15 is 0 Å². The number of carbonyl (C=O) groups is 2. The maximum atomic E-state index is 12.4. The van der Waals surface area contributed by atoms with Crippen LogP contribution < -0.4 is 0 Å². The third-order valence-corrected chi connectivity index (χ3v) is 4.99. The molecule has 4 nitrogen and oxygen atoms in total. The molecule has 1 amide bonds. The standard InChI is InChI=1S/C14H21NO3/c16-12(17)7-9-3-2-6-15(8-9)14(18)13-10-4-1-5-11(10)13/h9-11,13H,1-8H2,(H,16,17). The predicted octanol–water partition coefficient (Wildman–Crippen LogP) is 1.75. The zero-order valence-electron chi connectivity index (χ0n) is 10.7. The first-order valence-electron chi connectivity index (χ1n) is 7.17. The first-order chi connectivity index (χ1) is 8.66. The number of fused-ring (bicyclic) bond motifs is 1. The van der Waals surface area contributed by atoms with Gasteiger partial charge in [-0.05, 0) is 43.4 Å². The lowest BCUT2D eigenvalue weighted by Crippen LogP contribution is -2.41. The SMILES string of the molecule is O=C(O)CC1CCCN(C(=O)C2C3CCCC32)C1. The number of hydrogen-bond donors (Lipinski definition) is 1. The first-order valence-corrected chi connectivity index (χ1v) is 7.17. The van der Waals surface area contributed by atoms with Gasteiger partial charge in [-0.3, -0.25) is 9.59 Å². The zero-order chi connectivity index (χ0) is 12.7. The minimum atomic E-state index is -0.738. The Balaban J connectivity index is 1.55. The third-order valence-electron chi connectivity index (χ3n) is 4.99. The first kappa shape index (κ1) is 12.0. The molecule has 3 atom stereocenters. The van der Waals surface area contributed by atoms with Crippen LogP contribution in [-0.2, 0) is 9.59 Å². The largest absolute Gasteiger partial charge is 0.481 e. The highest BCUT2D eigenvalue weighted by Gasteiger charge is 2.57. The van der Waals surface area contributed by atoms with Crippen molar-refractivity contribution in [3.8, 4) is 0 Å². The van der Waals surface area contributed by atoms with Crippen LogP contribution in [0.2, 0.25) is 0 Å². The number of amides is 1. The average molecular weight is 251 g/mol. The number of hydrogen-bond acceptors (Lipinski definition) is 2. The average Bonchev–Trinajstić information content (AvgIpc) is 2.80. The fraction of sp³-hybridized carbons (Fsp3) is 0.857. The Morgan fingerprint density at radius 1 is 1.11 bits per heavy atom. The molecule has 3 aliphatic rings. The van der Waals surface area contributed by atoms with Crippen LogP contribution in [0, 0.1) is 23.7 Å². The van der Waals surface area contributed by atoms with E-state index in [1.807, 2.05) is 4.90 Å². The number of rotatable bonds is 3. The molecule has 0 spiro atoms. The van der Waals surface area contributed by atoms with E-state index in [2.05, 4.69) is 0 Å². The number of carboxylic acid groups (broad SMARTS) is 1. The fourth-order valence-corrected chi connectivity index (χ4v) is 4.08. The van der Waals surface area contributed by atoms with E-state index in [4.69, 9.17) is 5.11 Å². The molecule has 0 aromatic carbocycles. The lowest BCUT2D eigenvalue weighted by atomic mass is 9.94. The highest BCUT2D eigenvalue weighted by molar-refractivity contribution is 5.82. The van der Waals surface area contributed by atoms with Gasteiger partial charge in [-0.2, -0.15) is 0 Å². The lowest BCUT2D eigenvalue weighted by molar-refractivity contribution is -0.141. The van der Waals surface area contributed by atoms with E-state index in [-0.39, 0.29) is 12.3 Å². The molecule has 1 saturated heterocycles. The molecule has 3 fully saturated rings. The number of likely N-dealkylation sites (tertiary alicyclic amines) is 1. The topological polar surface area (TPSA) is 57.6 Å². The maximum Gasteiger partial charge on any atom is 0.303 e. The highest BCUT2D eigenvalue weighted by Crippen LogP contribution is 2.58. The van der Waals surface area contributed by atoms with Crippen molar-refractivity contribution in [3.63, 3.8) is 0 Å². The molecular weight excluding hydrogens is 230 g/mol. The summed E-state index contributed by atoms with van der Waals surface area (Å²) in [6.45, 7) is 1.51. The van der Waals surface area contributed by atoms with Crippen LogP contribution >= 0.6 is 0 Å². The van der Waals surface area contributed by atoms with Gasteiger partial charge in [0.05, 0.1) is 0 Å². The van der Waals surface area contributed by atoms with Crippen LogP contribution in [0.15, 0.2) is 0 Å². The fourth-order valence-electron chi connectivity index (χ4n) is 4.08. The monoisotopic (exact) mass is 251 g/mol. The van der Waals surface area contributed by atoms with E-state index in [1.54, 1.807) is 0 Å². The molecule has 3 unspecified atom stereocenters. The number of aliphatic carboxylic acids is 1. The number of piperidine rings is 1. The van der Waals surface area contributed by atoms with Crippen molar-refractivity contribution in [1.29, 1.82) is 0 Å². The van der Waals surface area contributed by atoms with Gasteiger partial charge in [-0.25, -0.2) is 0 Å². The Morgan fingerprint density at radius 2 is 1.83 bits per heavy atom. The van der Waals surface area contributed by atoms with Crippen molar-refractivity contribution in [2.45, 2.75) is 38.5 Å². The number of carbonyl (C=O) groups excluding carboxylic acids is 1. The molecule has 0 bridgehead atoms. The normalized spacial score (nSPS) is 38.3. The van der Waals surface area contributed by atoms with Crippen LogP contribution in [0.1, 0.15) is 38.5 Å². The van der Waals surface area contributed by atoms with Crippen molar-refractivity contribution in [2.75, 3.05) is 13.1 Å². The van der Waals surface area contributed by atoms with Gasteiger partial charge in [-0.15, -0.1) is 0 Å². The molecule has 3 rings (SSSR count). The molecule has 0 aromatic rings. The summed E-state index contributed by atoms with van der Waals surface area (Å²) in [4.78, 5) is 25.1. The molecule has 1 heterocycles. The molecule has 0 radical (unpaired) electrons. The van der Waals surface area contributed by atoms with Gasteiger partial charge in [0.2, 0.25) is 5.91 Å². The van der Waals surface area contributed by atoms with Crippen molar-refractivity contribution in [2.24, 2.45) is 23.7 Å². The quantitative estimate of drug-likeness (QED) is 0.831. The molecule has 18 heavy (non-hydrogen) atoms. The van der Waals surface area contributed by atoms with E-state index in [0.717, 1.165) is 19.4 Å². The van der Waals surface area contributed by atoms with Gasteiger partial charge in [0.15, 0.2) is 0 Å². The summed E-state index contributed by atoms with van der Waals surface area (Å²) in [5.74, 6) is 1.37. The minimum absolute atomic E-state index is 0.166. The molecule has 2 aliphatic carbocycles. The Morgan fingerprint density at radius 3 is 2.50 bits per heavy atom. The maximum absolute atomic E-state index is 12.4. The van der Waals surface area contributed by atoms with Crippen LogP contribution in [-0.4, -0.2) is 35.0 Å². The third kappa shape index (κ3) is 2.13. The molecule has 2 saturated carbocycles. The second-order valence-electron chi connectivity index (χ2n) is 6.17. The van der Waals surface area contributed by atoms with Crippen molar-refractivity contribution in [3.05, 3.63) is 0 Å². The second-order valence-corrected chi connectivity index (χ2v) is 6.17. The lowest BCUT2D eigenvalue weighted by Gasteiger charge is -2.32. The highest BCUT2D eigenvalue weighted by atomic mass is 16.4. The predicted molar refractivity (Wildman–Crippen MR) is 65.9 cm³/mol. The van der Waals surface area contributed by atoms with E-state index in [9.17, 15) is 9.59 Å². The Hall–Kier alpha value is -1.06. The smallest absolute Gasteiger partial charge is 0.303 e. The molecule has 1 aliphatic heterocycles. The zero-order valence-corrected chi connectivity index (χ0v) is 10.7. The Kier molecular flexibility index (Phi) is 3.04. The molecule has 0 aromatic heterocycles. The van der Waals surface area contributed by atoms with Crippen LogP contribution in [0.25, 0.3) is 0 Å². The van der Waals surface area contributed by atoms with Gasteiger partial charge < -0.3 is 10.0 Å². The van der Waals surface area contributed by atoms with Crippen LogP contribution in [0.4, 0.5) is 0 Å². The summed E-state index contributed by atoms with van der Waals surface area (Å²) in [5, 5.41) is 8.84. The summed E-state index contributed by atoms with van der Waals surface area (Å²) in [7, 11) is 0. The Bertz CT molecular complexity index is 358. The van der Waals surface area contributed by atoms with Crippen LogP contribution in [0.3, 0.4) is 0 Å². The Labute approximate surface area is 107 Å². The summed E-state index contributed by atoms with van der Waals surface area (Å²) in [6.07, 6.45) is 5.88. The summed E-state index contributed by atoms with van der Waals surface area (Å²) < 4.78 is 0. The number of carboxylic acids is 1. The van der Waals surface area contributed by atoms with Gasteiger partial charge >= 0.3 is 5.97 Å². The van der Waals surface area contributed by atoms with E-state index < -0.39 is 5.97 Å². The summed E-state index contributed by atoms with van der Waals surface area (Å²) >= 11 is 0. The van der Waals surface area contributed by atoms with Crippen molar-refractivity contribution >= 4 is 11.9 Å². The summed E-state index contributed by atoms with van der Waals surface area (Å²) in [5.41, 5.74) is 0. The van der Waals surface area contributed by atoms with Gasteiger partial charge in [-0.1, -0.05) is 6.42 Å².